The summed E-state index contributed by atoms with van der Waals surface area (Å²) in [5.74, 6) is -0.0501. The first-order chi connectivity index (χ1) is 8.82. The molecule has 2 heterocycles. The van der Waals surface area contributed by atoms with E-state index in [2.05, 4.69) is 15.4 Å². The van der Waals surface area contributed by atoms with Gasteiger partial charge in [-0.2, -0.15) is 5.10 Å². The lowest BCUT2D eigenvalue weighted by Gasteiger charge is -2.16. The summed E-state index contributed by atoms with van der Waals surface area (Å²) < 4.78 is 4.09. The quantitative estimate of drug-likeness (QED) is 0.843. The smallest absolute Gasteiger partial charge is 0.243 e. The number of rotatable bonds is 3. The topological polar surface area (TPSA) is 67.6 Å². The normalized spacial score (nSPS) is 13.2. The van der Waals surface area contributed by atoms with Gasteiger partial charge < -0.3 is 10.3 Å². The predicted molar refractivity (Wildman–Crippen MR) is 76.6 cm³/mol. The van der Waals surface area contributed by atoms with Crippen molar-refractivity contribution in [3.05, 3.63) is 10.5 Å². The number of aromatic amines is 1. The Morgan fingerprint density at radius 2 is 2.05 bits per heavy atom. The number of H-pyrrole nitrogens is 1. The molecule has 0 saturated carbocycles. The molecule has 2 aromatic heterocycles. The number of carbonyl (C=O) groups excluding carboxylic acids is 1. The zero-order chi connectivity index (χ0) is 14.3. The molecule has 0 spiro atoms. The summed E-state index contributed by atoms with van der Waals surface area (Å²) in [6.07, 6.45) is 0. The molecule has 1 unspecified atom stereocenters. The van der Waals surface area contributed by atoms with Crippen LogP contribution in [0.4, 0.5) is 0 Å². The van der Waals surface area contributed by atoms with Crippen molar-refractivity contribution in [2.45, 2.75) is 39.8 Å². The summed E-state index contributed by atoms with van der Waals surface area (Å²) >= 11 is 5.32. The van der Waals surface area contributed by atoms with E-state index in [1.165, 1.54) is 0 Å². The van der Waals surface area contributed by atoms with Crippen LogP contribution in [0.5, 0.6) is 0 Å². The molecule has 2 rings (SSSR count). The molecule has 19 heavy (non-hydrogen) atoms. The van der Waals surface area contributed by atoms with E-state index in [0.29, 0.717) is 4.77 Å². The molecule has 2 N–H and O–H groups in total. The van der Waals surface area contributed by atoms with E-state index in [-0.39, 0.29) is 18.0 Å². The molecule has 6 nitrogen and oxygen atoms in total. The van der Waals surface area contributed by atoms with Crippen molar-refractivity contribution in [2.24, 2.45) is 7.05 Å². The molecule has 0 saturated heterocycles. The van der Waals surface area contributed by atoms with Gasteiger partial charge in [-0.05, 0) is 39.9 Å². The lowest BCUT2D eigenvalue weighted by molar-refractivity contribution is -0.124. The highest BCUT2D eigenvalue weighted by molar-refractivity contribution is 7.71. The Hall–Kier alpha value is -1.63. The number of aromatic nitrogens is 4. The summed E-state index contributed by atoms with van der Waals surface area (Å²) in [6, 6.07) is -0.273. The van der Waals surface area contributed by atoms with Gasteiger partial charge in [0.2, 0.25) is 5.91 Å². The van der Waals surface area contributed by atoms with E-state index < -0.39 is 0 Å². The number of aryl methyl sites for hydroxylation is 2. The van der Waals surface area contributed by atoms with Crippen molar-refractivity contribution in [1.29, 1.82) is 0 Å². The molecule has 0 aromatic carbocycles. The molecular formula is C12H19N5OS. The van der Waals surface area contributed by atoms with Crippen molar-refractivity contribution in [2.75, 3.05) is 0 Å². The lowest BCUT2D eigenvalue weighted by atomic mass is 10.2. The summed E-state index contributed by atoms with van der Waals surface area (Å²) in [7, 11) is 1.85. The van der Waals surface area contributed by atoms with Crippen LogP contribution in [-0.2, 0) is 11.8 Å². The highest BCUT2D eigenvalue weighted by atomic mass is 32.1. The highest BCUT2D eigenvalue weighted by Gasteiger charge is 2.22. The van der Waals surface area contributed by atoms with E-state index >= 15 is 0 Å². The van der Waals surface area contributed by atoms with Crippen LogP contribution in [0.3, 0.4) is 0 Å². The number of carbonyl (C=O) groups is 1. The Kier molecular flexibility index (Phi) is 3.49. The van der Waals surface area contributed by atoms with Crippen LogP contribution in [0.25, 0.3) is 11.2 Å². The average molecular weight is 281 g/mol. The van der Waals surface area contributed by atoms with Gasteiger partial charge >= 0.3 is 0 Å². The van der Waals surface area contributed by atoms with Gasteiger partial charge in [-0.15, -0.1) is 0 Å². The summed E-state index contributed by atoms with van der Waals surface area (Å²) in [5.41, 5.74) is 2.60. The van der Waals surface area contributed by atoms with Crippen LogP contribution in [0, 0.1) is 11.7 Å². The van der Waals surface area contributed by atoms with E-state index in [0.717, 1.165) is 16.9 Å². The van der Waals surface area contributed by atoms with E-state index in [9.17, 15) is 4.79 Å². The van der Waals surface area contributed by atoms with Gasteiger partial charge in [0.05, 0.1) is 5.69 Å². The Morgan fingerprint density at radius 1 is 1.42 bits per heavy atom. The Morgan fingerprint density at radius 3 is 2.63 bits per heavy atom. The average Bonchev–Trinajstić information content (AvgIpc) is 2.76. The minimum absolute atomic E-state index is 0.0501. The number of nitrogens with zero attached hydrogens (tertiary/aromatic N) is 3. The van der Waals surface area contributed by atoms with Crippen molar-refractivity contribution >= 4 is 29.3 Å². The van der Waals surface area contributed by atoms with Crippen molar-refractivity contribution < 1.29 is 4.79 Å². The molecule has 0 aliphatic heterocycles. The fourth-order valence-electron chi connectivity index (χ4n) is 2.21. The van der Waals surface area contributed by atoms with Gasteiger partial charge in [0.15, 0.2) is 10.4 Å². The first kappa shape index (κ1) is 13.8. The first-order valence-corrected chi connectivity index (χ1v) is 6.68. The van der Waals surface area contributed by atoms with Crippen LogP contribution in [0.2, 0.25) is 0 Å². The summed E-state index contributed by atoms with van der Waals surface area (Å²) in [5, 5.41) is 7.24. The number of amides is 1. The SMILES string of the molecule is Cc1nn(C)c2c1[nH]c(=S)n2C(C)C(=O)NC(C)C. The van der Waals surface area contributed by atoms with Crippen molar-refractivity contribution in [1.82, 2.24) is 24.6 Å². The second-order valence-electron chi connectivity index (χ2n) is 5.05. The zero-order valence-electron chi connectivity index (χ0n) is 11.8. The molecule has 0 radical (unpaired) electrons. The van der Waals surface area contributed by atoms with Gasteiger partial charge in [0, 0.05) is 13.1 Å². The number of fused-ring (bicyclic) bond motifs is 1. The molecule has 104 valence electrons. The molecule has 1 atom stereocenters. The third kappa shape index (κ3) is 2.30. The second kappa shape index (κ2) is 4.80. The van der Waals surface area contributed by atoms with Crippen LogP contribution in [0.1, 0.15) is 32.5 Å². The largest absolute Gasteiger partial charge is 0.352 e. The van der Waals surface area contributed by atoms with Gasteiger partial charge in [0.1, 0.15) is 11.6 Å². The van der Waals surface area contributed by atoms with Crippen LogP contribution in [-0.4, -0.2) is 31.3 Å². The van der Waals surface area contributed by atoms with E-state index in [4.69, 9.17) is 12.2 Å². The maximum Gasteiger partial charge on any atom is 0.243 e. The molecule has 0 bridgehead atoms. The fourth-order valence-corrected chi connectivity index (χ4v) is 2.56. The summed E-state index contributed by atoms with van der Waals surface area (Å²) in [6.45, 7) is 7.62. The summed E-state index contributed by atoms with van der Waals surface area (Å²) in [4.78, 5) is 15.3. The minimum atomic E-state index is -0.376. The second-order valence-corrected chi connectivity index (χ2v) is 5.43. The lowest BCUT2D eigenvalue weighted by Crippen LogP contribution is -2.35. The zero-order valence-corrected chi connectivity index (χ0v) is 12.6. The molecule has 2 aromatic rings. The third-order valence-corrected chi connectivity index (χ3v) is 3.37. The molecule has 1 amide bonds. The number of hydrogen-bond donors (Lipinski definition) is 2. The predicted octanol–water partition coefficient (Wildman–Crippen LogP) is 1.83. The maximum atomic E-state index is 12.1. The number of hydrogen-bond acceptors (Lipinski definition) is 3. The first-order valence-electron chi connectivity index (χ1n) is 6.27. The Bertz CT molecular complexity index is 678. The van der Waals surface area contributed by atoms with E-state index in [1.807, 2.05) is 39.3 Å². The van der Waals surface area contributed by atoms with Crippen molar-refractivity contribution in [3.63, 3.8) is 0 Å². The van der Waals surface area contributed by atoms with Crippen LogP contribution < -0.4 is 5.32 Å². The molecule has 0 aliphatic rings. The van der Waals surface area contributed by atoms with Crippen LogP contribution >= 0.6 is 12.2 Å². The third-order valence-electron chi connectivity index (χ3n) is 3.07. The number of nitrogens with one attached hydrogen (secondary N) is 2. The fraction of sp³-hybridized carbons (Fsp3) is 0.583. The molecule has 0 fully saturated rings. The molecule has 0 aliphatic carbocycles. The minimum Gasteiger partial charge on any atom is -0.352 e. The van der Waals surface area contributed by atoms with Crippen LogP contribution in [0.15, 0.2) is 0 Å². The number of imidazole rings is 1. The maximum absolute atomic E-state index is 12.1. The van der Waals surface area contributed by atoms with Gasteiger partial charge in [-0.1, -0.05) is 0 Å². The van der Waals surface area contributed by atoms with Crippen molar-refractivity contribution in [3.8, 4) is 0 Å². The Labute approximate surface area is 116 Å². The highest BCUT2D eigenvalue weighted by Crippen LogP contribution is 2.21. The molecule has 7 heteroatoms. The van der Waals surface area contributed by atoms with Gasteiger partial charge in [0.25, 0.3) is 0 Å². The van der Waals surface area contributed by atoms with Gasteiger partial charge in [-0.3, -0.25) is 14.0 Å². The van der Waals surface area contributed by atoms with E-state index in [1.54, 1.807) is 4.68 Å². The molecular weight excluding hydrogens is 262 g/mol. The Balaban J connectivity index is 2.53. The standard InChI is InChI=1S/C12H19N5OS/c1-6(2)13-10(18)8(4)17-11-9(14-12(17)19)7(3)15-16(11)5/h6,8H,1-5H3,(H,13,18)(H,14,19). The van der Waals surface area contributed by atoms with Gasteiger partial charge in [-0.25, -0.2) is 0 Å². The monoisotopic (exact) mass is 281 g/mol.